The second-order valence-corrected chi connectivity index (χ2v) is 4.74. The summed E-state index contributed by atoms with van der Waals surface area (Å²) in [5.41, 5.74) is 1.22. The van der Waals surface area contributed by atoms with Crippen LogP contribution in [0.3, 0.4) is 0 Å². The zero-order valence-electron chi connectivity index (χ0n) is 10.0. The molecular formula is C13H19Cl2NO. The van der Waals surface area contributed by atoms with Gasteiger partial charge in [-0.25, -0.2) is 0 Å². The normalized spacial score (nSPS) is 15.6. The summed E-state index contributed by atoms with van der Waals surface area (Å²) < 4.78 is 5.13. The van der Waals surface area contributed by atoms with Crippen molar-refractivity contribution < 1.29 is 4.74 Å². The summed E-state index contributed by atoms with van der Waals surface area (Å²) in [4.78, 5) is 0. The molecule has 4 heteroatoms. The second-order valence-electron chi connectivity index (χ2n) is 4.33. The molecule has 0 atom stereocenters. The van der Waals surface area contributed by atoms with Crippen molar-refractivity contribution in [3.63, 3.8) is 0 Å². The number of ether oxygens (including phenoxy) is 1. The Balaban J connectivity index is 0.00000144. The Bertz CT molecular complexity index is 351. The van der Waals surface area contributed by atoms with Gasteiger partial charge in [0.25, 0.3) is 0 Å². The Morgan fingerprint density at radius 3 is 2.65 bits per heavy atom. The van der Waals surface area contributed by atoms with Crippen LogP contribution in [0.1, 0.15) is 31.2 Å². The second kappa shape index (κ2) is 7.10. The molecule has 0 bridgehead atoms. The van der Waals surface area contributed by atoms with Crippen molar-refractivity contribution in [1.29, 1.82) is 0 Å². The lowest BCUT2D eigenvalue weighted by Gasteiger charge is -2.12. The number of halogens is 2. The van der Waals surface area contributed by atoms with Gasteiger partial charge in [-0.3, -0.25) is 0 Å². The fourth-order valence-electron chi connectivity index (χ4n) is 2.21. The van der Waals surface area contributed by atoms with Crippen molar-refractivity contribution in [2.24, 2.45) is 0 Å². The summed E-state index contributed by atoms with van der Waals surface area (Å²) in [6, 6.07) is 6.66. The maximum Gasteiger partial charge on any atom is 0.137 e. The van der Waals surface area contributed by atoms with Crippen LogP contribution in [-0.2, 0) is 6.54 Å². The summed E-state index contributed by atoms with van der Waals surface area (Å²) in [5.74, 6) is 0.742. The summed E-state index contributed by atoms with van der Waals surface area (Å²) in [5, 5.41) is 4.25. The van der Waals surface area contributed by atoms with Crippen molar-refractivity contribution in [3.05, 3.63) is 28.8 Å². The minimum Gasteiger partial charge on any atom is -0.495 e. The predicted molar refractivity (Wildman–Crippen MR) is 74.3 cm³/mol. The van der Waals surface area contributed by atoms with Crippen LogP contribution in [-0.4, -0.2) is 13.2 Å². The Kier molecular flexibility index (Phi) is 6.10. The first-order valence-corrected chi connectivity index (χ1v) is 6.23. The number of rotatable bonds is 4. The molecule has 0 unspecified atom stereocenters. The highest BCUT2D eigenvalue weighted by Crippen LogP contribution is 2.25. The van der Waals surface area contributed by atoms with E-state index in [0.29, 0.717) is 11.1 Å². The molecule has 0 heterocycles. The maximum absolute atomic E-state index is 6.07. The summed E-state index contributed by atoms with van der Waals surface area (Å²) >= 11 is 6.07. The molecule has 1 aromatic rings. The highest BCUT2D eigenvalue weighted by atomic mass is 35.5. The van der Waals surface area contributed by atoms with Crippen molar-refractivity contribution in [1.82, 2.24) is 5.32 Å². The minimum absolute atomic E-state index is 0. The summed E-state index contributed by atoms with van der Waals surface area (Å²) in [6.45, 7) is 0.897. The van der Waals surface area contributed by atoms with Gasteiger partial charge in [-0.1, -0.05) is 30.5 Å². The molecule has 1 N–H and O–H groups in total. The van der Waals surface area contributed by atoms with Gasteiger partial charge in [-0.05, 0) is 30.5 Å². The van der Waals surface area contributed by atoms with Gasteiger partial charge in [0.15, 0.2) is 0 Å². The molecule has 0 spiro atoms. The van der Waals surface area contributed by atoms with E-state index in [1.165, 1.54) is 31.2 Å². The van der Waals surface area contributed by atoms with Gasteiger partial charge in [-0.15, -0.1) is 12.4 Å². The number of hydrogen-bond acceptors (Lipinski definition) is 2. The van der Waals surface area contributed by atoms with Gasteiger partial charge >= 0.3 is 0 Å². The molecule has 0 amide bonds. The van der Waals surface area contributed by atoms with Crippen LogP contribution < -0.4 is 10.1 Å². The molecule has 2 nitrogen and oxygen atoms in total. The molecule has 1 aliphatic carbocycles. The molecule has 0 radical (unpaired) electrons. The average Bonchev–Trinajstić information content (AvgIpc) is 2.79. The van der Waals surface area contributed by atoms with Crippen molar-refractivity contribution in [2.75, 3.05) is 7.11 Å². The van der Waals surface area contributed by atoms with Gasteiger partial charge in [0.2, 0.25) is 0 Å². The van der Waals surface area contributed by atoms with E-state index in [4.69, 9.17) is 16.3 Å². The van der Waals surface area contributed by atoms with Gasteiger partial charge in [-0.2, -0.15) is 0 Å². The molecule has 1 saturated carbocycles. The van der Waals surface area contributed by atoms with Crippen LogP contribution in [0.4, 0.5) is 0 Å². The zero-order valence-corrected chi connectivity index (χ0v) is 11.6. The Labute approximate surface area is 114 Å². The largest absolute Gasteiger partial charge is 0.495 e. The van der Waals surface area contributed by atoms with E-state index in [1.807, 2.05) is 12.1 Å². The number of hydrogen-bond donors (Lipinski definition) is 1. The Morgan fingerprint density at radius 2 is 2.06 bits per heavy atom. The van der Waals surface area contributed by atoms with Crippen LogP contribution in [0, 0.1) is 0 Å². The molecule has 17 heavy (non-hydrogen) atoms. The monoisotopic (exact) mass is 275 g/mol. The van der Waals surface area contributed by atoms with E-state index in [-0.39, 0.29) is 12.4 Å². The first-order valence-electron chi connectivity index (χ1n) is 5.85. The van der Waals surface area contributed by atoms with Crippen molar-refractivity contribution in [2.45, 2.75) is 38.3 Å². The maximum atomic E-state index is 6.07. The zero-order chi connectivity index (χ0) is 11.4. The van der Waals surface area contributed by atoms with E-state index in [0.717, 1.165) is 12.3 Å². The smallest absolute Gasteiger partial charge is 0.137 e. The minimum atomic E-state index is 0. The molecule has 1 aliphatic rings. The molecule has 1 aromatic carbocycles. The lowest BCUT2D eigenvalue weighted by Crippen LogP contribution is -2.25. The molecule has 0 aromatic heterocycles. The van der Waals surface area contributed by atoms with Crippen LogP contribution >= 0.6 is 24.0 Å². The average molecular weight is 276 g/mol. The van der Waals surface area contributed by atoms with Crippen LogP contribution in [0.25, 0.3) is 0 Å². The fourth-order valence-corrected chi connectivity index (χ4v) is 2.49. The predicted octanol–water partition coefficient (Wildman–Crippen LogP) is 3.80. The Morgan fingerprint density at radius 1 is 1.35 bits per heavy atom. The standard InChI is InChI=1S/C13H18ClNO.ClH/c1-16-13-7-6-10(8-12(13)14)9-15-11-4-2-3-5-11;/h6-8,11,15H,2-5,9H2,1H3;1H. The number of benzene rings is 1. The van der Waals surface area contributed by atoms with Gasteiger partial charge < -0.3 is 10.1 Å². The molecule has 1 fully saturated rings. The van der Waals surface area contributed by atoms with Gasteiger partial charge in [0.1, 0.15) is 5.75 Å². The first-order chi connectivity index (χ1) is 7.79. The van der Waals surface area contributed by atoms with E-state index in [1.54, 1.807) is 7.11 Å². The lowest BCUT2D eigenvalue weighted by atomic mass is 10.2. The van der Waals surface area contributed by atoms with Crippen molar-refractivity contribution >= 4 is 24.0 Å². The lowest BCUT2D eigenvalue weighted by molar-refractivity contribution is 0.414. The van der Waals surface area contributed by atoms with E-state index in [9.17, 15) is 0 Å². The SMILES string of the molecule is COc1ccc(CNC2CCCC2)cc1Cl.Cl. The van der Waals surface area contributed by atoms with E-state index in [2.05, 4.69) is 11.4 Å². The van der Waals surface area contributed by atoms with Gasteiger partial charge in [0.05, 0.1) is 12.1 Å². The topological polar surface area (TPSA) is 21.3 Å². The number of nitrogens with one attached hydrogen (secondary N) is 1. The van der Waals surface area contributed by atoms with Crippen LogP contribution in [0.2, 0.25) is 5.02 Å². The third-order valence-electron chi connectivity index (χ3n) is 3.17. The van der Waals surface area contributed by atoms with E-state index >= 15 is 0 Å². The van der Waals surface area contributed by atoms with Gasteiger partial charge in [0, 0.05) is 12.6 Å². The molecule has 96 valence electrons. The van der Waals surface area contributed by atoms with Crippen LogP contribution in [0.5, 0.6) is 5.75 Å². The number of methoxy groups -OCH3 is 1. The molecule has 2 rings (SSSR count). The summed E-state index contributed by atoms with van der Waals surface area (Å²) in [6.07, 6.45) is 5.34. The van der Waals surface area contributed by atoms with Crippen molar-refractivity contribution in [3.8, 4) is 5.75 Å². The molecular weight excluding hydrogens is 257 g/mol. The highest BCUT2D eigenvalue weighted by Gasteiger charge is 2.13. The molecule has 0 aliphatic heterocycles. The highest BCUT2D eigenvalue weighted by molar-refractivity contribution is 6.32. The van der Waals surface area contributed by atoms with Crippen LogP contribution in [0.15, 0.2) is 18.2 Å². The quantitative estimate of drug-likeness (QED) is 0.903. The first kappa shape index (κ1) is 14.6. The third kappa shape index (κ3) is 4.06. The third-order valence-corrected chi connectivity index (χ3v) is 3.46. The fraction of sp³-hybridized carbons (Fsp3) is 0.538. The summed E-state index contributed by atoms with van der Waals surface area (Å²) in [7, 11) is 1.64. The Hall–Kier alpha value is -0.440. The van der Waals surface area contributed by atoms with E-state index < -0.39 is 0 Å². The molecule has 0 saturated heterocycles.